The molecule has 0 bridgehead atoms. The number of ether oxygens (including phenoxy) is 2. The summed E-state index contributed by atoms with van der Waals surface area (Å²) in [7, 11) is 1.15. The average Bonchev–Trinajstić information content (AvgIpc) is 2.85. The largest absolute Gasteiger partial charge is 0.491 e. The predicted molar refractivity (Wildman–Crippen MR) is 139 cm³/mol. The molecule has 1 aliphatic rings. The molecule has 2 N–H and O–H groups in total. The van der Waals surface area contributed by atoms with Gasteiger partial charge in [-0.1, -0.05) is 52.7 Å². The fraction of sp³-hybridized carbons (Fsp3) is 0.280. The molecule has 0 fully saturated rings. The molecule has 0 aromatic heterocycles. The Morgan fingerprint density at radius 3 is 2.39 bits per heavy atom. The first kappa shape index (κ1) is 27.4. The number of halogens is 2. The van der Waals surface area contributed by atoms with Crippen LogP contribution in [0.1, 0.15) is 24.0 Å². The molecule has 1 heterocycles. The molecule has 8 nitrogen and oxygen atoms in total. The Hall–Kier alpha value is -3.19. The minimum Gasteiger partial charge on any atom is -0.491 e. The lowest BCUT2D eigenvalue weighted by Gasteiger charge is -2.31. The summed E-state index contributed by atoms with van der Waals surface area (Å²) in [6.45, 7) is 4.03. The number of allylic oxidation sites excluding steroid dienone is 1. The van der Waals surface area contributed by atoms with Gasteiger partial charge in [-0.25, -0.2) is 0 Å². The molecular formula is C25H23Cl2N3O5S. The number of methoxy groups -OCH3 is 1. The number of hydrogen-bond donors (Lipinski definition) is 2. The number of carbonyl (C=O) groups excluding carboxylic acids is 3. The van der Waals surface area contributed by atoms with Crippen molar-refractivity contribution >= 4 is 58.4 Å². The second kappa shape index (κ2) is 12.2. The summed E-state index contributed by atoms with van der Waals surface area (Å²) in [5, 5.41) is 15.9. The Labute approximate surface area is 222 Å². The minimum absolute atomic E-state index is 0.0782. The quantitative estimate of drug-likeness (QED) is 0.359. The monoisotopic (exact) mass is 547 g/mol. The molecule has 1 aliphatic heterocycles. The highest BCUT2D eigenvalue weighted by Gasteiger charge is 2.44. The lowest BCUT2D eigenvalue weighted by Crippen LogP contribution is -2.44. The van der Waals surface area contributed by atoms with Gasteiger partial charge in [-0.05, 0) is 43.7 Å². The summed E-state index contributed by atoms with van der Waals surface area (Å²) in [6, 6.07) is 12.4. The van der Waals surface area contributed by atoms with Crippen molar-refractivity contribution in [2.24, 2.45) is 5.92 Å². The minimum atomic E-state index is -1.36. The number of hydrogen-bond acceptors (Lipinski definition) is 7. The van der Waals surface area contributed by atoms with E-state index in [1.807, 2.05) is 19.1 Å². The maximum absolute atomic E-state index is 13.0. The molecule has 0 unspecified atom stereocenters. The van der Waals surface area contributed by atoms with Crippen molar-refractivity contribution in [1.29, 1.82) is 5.26 Å². The van der Waals surface area contributed by atoms with Gasteiger partial charge in [0, 0.05) is 11.6 Å². The Bertz CT molecular complexity index is 1230. The molecule has 0 radical (unpaired) electrons. The van der Waals surface area contributed by atoms with Gasteiger partial charge in [0.25, 0.3) is 0 Å². The van der Waals surface area contributed by atoms with E-state index in [1.54, 1.807) is 19.1 Å². The van der Waals surface area contributed by atoms with Crippen LogP contribution in [0.25, 0.3) is 0 Å². The topological polar surface area (TPSA) is 118 Å². The molecule has 2 atom stereocenters. The molecule has 0 saturated heterocycles. The molecule has 11 heteroatoms. The van der Waals surface area contributed by atoms with Crippen molar-refractivity contribution in [3.63, 3.8) is 0 Å². The highest BCUT2D eigenvalue weighted by Crippen LogP contribution is 2.44. The maximum atomic E-state index is 13.0. The normalized spacial score (nSPS) is 17.2. The summed E-state index contributed by atoms with van der Waals surface area (Å²) in [5.41, 5.74) is 2.11. The lowest BCUT2D eigenvalue weighted by molar-refractivity contribution is -0.150. The van der Waals surface area contributed by atoms with Crippen LogP contribution in [0.2, 0.25) is 10.0 Å². The van der Waals surface area contributed by atoms with E-state index in [0.717, 1.165) is 24.4 Å². The molecule has 0 aliphatic carbocycles. The first-order valence-electron chi connectivity index (χ1n) is 10.8. The smallest absolute Gasteiger partial charge is 0.319 e. The summed E-state index contributed by atoms with van der Waals surface area (Å²) >= 11 is 13.7. The number of aryl methyl sites for hydroxylation is 1. The van der Waals surface area contributed by atoms with Gasteiger partial charge in [0.05, 0.1) is 46.2 Å². The number of nitriles is 1. The van der Waals surface area contributed by atoms with Gasteiger partial charge in [0.2, 0.25) is 11.8 Å². The van der Waals surface area contributed by atoms with Crippen LogP contribution in [-0.2, 0) is 19.1 Å². The molecule has 2 amide bonds. The number of thioether (sulfide) groups is 1. The van der Waals surface area contributed by atoms with Crippen LogP contribution in [-0.4, -0.2) is 37.3 Å². The third kappa shape index (κ3) is 6.13. The number of nitrogens with zero attached hydrogens (tertiary/aromatic N) is 1. The van der Waals surface area contributed by atoms with E-state index in [9.17, 15) is 19.6 Å². The number of amides is 2. The third-order valence-corrected chi connectivity index (χ3v) is 6.91. The fourth-order valence-corrected chi connectivity index (χ4v) is 5.15. The van der Waals surface area contributed by atoms with Gasteiger partial charge in [-0.3, -0.25) is 14.4 Å². The van der Waals surface area contributed by atoms with Gasteiger partial charge in [-0.15, -0.1) is 0 Å². The number of benzene rings is 2. The van der Waals surface area contributed by atoms with E-state index >= 15 is 0 Å². The lowest BCUT2D eigenvalue weighted by atomic mass is 9.78. The molecule has 36 heavy (non-hydrogen) atoms. The van der Waals surface area contributed by atoms with Crippen molar-refractivity contribution in [2.45, 2.75) is 19.8 Å². The standard InChI is InChI=1S/C25H23Cl2N3O5S/c1-4-35-22-17(26)9-14(10-18(22)27)20-16(11-28)24(30-23(32)21(20)25(33)34-3)36-12-19(31)29-15-7-5-13(2)6-8-15/h5-10,20-21H,4,12H2,1-3H3,(H,29,31)(H,30,32)/t20-,21-/m1/s1. The van der Waals surface area contributed by atoms with Crippen molar-refractivity contribution in [2.75, 3.05) is 24.8 Å². The zero-order chi connectivity index (χ0) is 26.4. The fourth-order valence-electron chi connectivity index (χ4n) is 3.69. The van der Waals surface area contributed by atoms with E-state index in [-0.39, 0.29) is 38.1 Å². The SMILES string of the molecule is CCOc1c(Cl)cc([C@@H]2C(C#N)=C(SCC(=O)Nc3ccc(C)cc3)NC(=O)[C@@H]2C(=O)OC)cc1Cl. The first-order chi connectivity index (χ1) is 17.2. The summed E-state index contributed by atoms with van der Waals surface area (Å²) in [4.78, 5) is 38.1. The highest BCUT2D eigenvalue weighted by atomic mass is 35.5. The molecule has 2 aromatic rings. The number of anilines is 1. The van der Waals surface area contributed by atoms with Crippen LogP contribution in [0.5, 0.6) is 5.75 Å². The summed E-state index contributed by atoms with van der Waals surface area (Å²) in [5.74, 6) is -4.06. The second-order valence-corrected chi connectivity index (χ2v) is 9.57. The van der Waals surface area contributed by atoms with Crippen LogP contribution in [0.4, 0.5) is 5.69 Å². The van der Waals surface area contributed by atoms with Crippen molar-refractivity contribution < 1.29 is 23.9 Å². The van der Waals surface area contributed by atoms with E-state index < -0.39 is 23.7 Å². The molecule has 0 spiro atoms. The Morgan fingerprint density at radius 1 is 1.19 bits per heavy atom. The zero-order valence-electron chi connectivity index (χ0n) is 19.7. The molecule has 0 saturated carbocycles. The average molecular weight is 548 g/mol. The number of esters is 1. The van der Waals surface area contributed by atoms with Crippen LogP contribution in [0.3, 0.4) is 0 Å². The van der Waals surface area contributed by atoms with Gasteiger partial charge in [-0.2, -0.15) is 5.26 Å². The van der Waals surface area contributed by atoms with Gasteiger partial charge in [0.15, 0.2) is 5.75 Å². The third-order valence-electron chi connectivity index (χ3n) is 5.34. The maximum Gasteiger partial charge on any atom is 0.319 e. The summed E-state index contributed by atoms with van der Waals surface area (Å²) < 4.78 is 10.3. The molecule has 3 rings (SSSR count). The second-order valence-electron chi connectivity index (χ2n) is 7.77. The molecular weight excluding hydrogens is 525 g/mol. The Balaban J connectivity index is 1.96. The van der Waals surface area contributed by atoms with E-state index in [0.29, 0.717) is 17.9 Å². The van der Waals surface area contributed by atoms with Crippen LogP contribution < -0.4 is 15.4 Å². The Morgan fingerprint density at radius 2 is 1.83 bits per heavy atom. The number of carbonyl (C=O) groups is 3. The first-order valence-corrected chi connectivity index (χ1v) is 12.6. The highest BCUT2D eigenvalue weighted by molar-refractivity contribution is 8.03. The number of rotatable bonds is 8. The van der Waals surface area contributed by atoms with E-state index in [1.165, 1.54) is 12.1 Å². The summed E-state index contributed by atoms with van der Waals surface area (Å²) in [6.07, 6.45) is 0. The van der Waals surface area contributed by atoms with Crippen molar-refractivity contribution in [1.82, 2.24) is 5.32 Å². The molecule has 188 valence electrons. The number of nitrogens with one attached hydrogen (secondary N) is 2. The van der Waals surface area contributed by atoms with Crippen molar-refractivity contribution in [3.8, 4) is 11.8 Å². The van der Waals surface area contributed by atoms with Gasteiger partial charge < -0.3 is 20.1 Å². The van der Waals surface area contributed by atoms with Crippen LogP contribution in [0, 0.1) is 24.2 Å². The zero-order valence-corrected chi connectivity index (χ0v) is 22.0. The predicted octanol–water partition coefficient (Wildman–Crippen LogP) is 4.81. The van der Waals surface area contributed by atoms with E-state index in [4.69, 9.17) is 32.7 Å². The van der Waals surface area contributed by atoms with Crippen molar-refractivity contribution in [3.05, 3.63) is 68.2 Å². The van der Waals surface area contributed by atoms with E-state index in [2.05, 4.69) is 16.7 Å². The van der Waals surface area contributed by atoms with Crippen LogP contribution >= 0.6 is 35.0 Å². The van der Waals surface area contributed by atoms with Crippen LogP contribution in [0.15, 0.2) is 47.0 Å². The Kier molecular flexibility index (Phi) is 9.26. The van der Waals surface area contributed by atoms with Gasteiger partial charge >= 0.3 is 5.97 Å². The van der Waals surface area contributed by atoms with Gasteiger partial charge in [0.1, 0.15) is 5.92 Å². The molecule has 2 aromatic carbocycles.